The minimum absolute atomic E-state index is 0.0208. The lowest BCUT2D eigenvalue weighted by Crippen LogP contribution is -2.22. The van der Waals surface area contributed by atoms with Gasteiger partial charge in [-0.1, -0.05) is 29.8 Å². The summed E-state index contributed by atoms with van der Waals surface area (Å²) in [5.41, 5.74) is 1.29. The highest BCUT2D eigenvalue weighted by atomic mass is 35.5. The third-order valence-electron chi connectivity index (χ3n) is 4.19. The zero-order chi connectivity index (χ0) is 21.0. The lowest BCUT2D eigenvalue weighted by molar-refractivity contribution is -0.389. The van der Waals surface area contributed by atoms with Crippen molar-refractivity contribution in [3.8, 4) is 5.75 Å². The third kappa shape index (κ3) is 4.57. The zero-order valence-corrected chi connectivity index (χ0v) is 16.6. The standard InChI is InChI=1S/C19H19ClN4O5/c1-3-28-15-7-5-4-6-13(15)10-21-19(25)16-9-8-14(29-16)11-23-12(2)17(20)18(22-23)24(26)27/h4-9H,3,10-11H2,1-2H3,(H,21,25). The molecule has 0 saturated carbocycles. The Hall–Kier alpha value is -3.33. The number of para-hydroxylation sites is 1. The summed E-state index contributed by atoms with van der Waals surface area (Å²) in [4.78, 5) is 22.7. The van der Waals surface area contributed by atoms with E-state index in [2.05, 4.69) is 10.4 Å². The summed E-state index contributed by atoms with van der Waals surface area (Å²) in [6.45, 7) is 4.43. The molecule has 2 heterocycles. The highest BCUT2D eigenvalue weighted by Gasteiger charge is 2.24. The molecule has 1 N–H and O–H groups in total. The van der Waals surface area contributed by atoms with Gasteiger partial charge in [0.05, 0.1) is 17.4 Å². The van der Waals surface area contributed by atoms with Crippen LogP contribution in [0, 0.1) is 17.0 Å². The van der Waals surface area contributed by atoms with Gasteiger partial charge in [-0.3, -0.25) is 4.79 Å². The number of furan rings is 1. The predicted octanol–water partition coefficient (Wildman–Crippen LogP) is 3.72. The van der Waals surface area contributed by atoms with Crippen LogP contribution < -0.4 is 10.1 Å². The Balaban J connectivity index is 1.67. The smallest absolute Gasteiger partial charge is 0.408 e. The van der Waals surface area contributed by atoms with Crippen molar-refractivity contribution in [2.45, 2.75) is 26.9 Å². The average molecular weight is 419 g/mol. The molecule has 3 rings (SSSR count). The fourth-order valence-corrected chi connectivity index (χ4v) is 2.92. The maximum absolute atomic E-state index is 12.4. The van der Waals surface area contributed by atoms with E-state index < -0.39 is 10.7 Å². The molecule has 0 spiro atoms. The van der Waals surface area contributed by atoms with Gasteiger partial charge in [0.1, 0.15) is 18.1 Å². The Morgan fingerprint density at radius 2 is 2.10 bits per heavy atom. The molecule has 1 aromatic carbocycles. The maximum Gasteiger partial charge on any atom is 0.408 e. The highest BCUT2D eigenvalue weighted by molar-refractivity contribution is 6.33. The largest absolute Gasteiger partial charge is 0.494 e. The van der Waals surface area contributed by atoms with Crippen LogP contribution in [0.4, 0.5) is 5.82 Å². The van der Waals surface area contributed by atoms with Crippen LogP contribution in [-0.4, -0.2) is 27.2 Å². The second-order valence-corrected chi connectivity index (χ2v) is 6.51. The van der Waals surface area contributed by atoms with Gasteiger partial charge in [-0.05, 0) is 37.0 Å². The molecule has 0 atom stereocenters. The number of rotatable bonds is 8. The van der Waals surface area contributed by atoms with Crippen molar-refractivity contribution >= 4 is 23.3 Å². The molecule has 10 heteroatoms. The van der Waals surface area contributed by atoms with E-state index in [0.717, 1.165) is 5.56 Å². The first kappa shape index (κ1) is 20.4. The topological polar surface area (TPSA) is 112 Å². The van der Waals surface area contributed by atoms with Gasteiger partial charge in [-0.15, -0.1) is 0 Å². The fourth-order valence-electron chi connectivity index (χ4n) is 2.72. The number of nitrogens with zero attached hydrogens (tertiary/aromatic N) is 3. The highest BCUT2D eigenvalue weighted by Crippen LogP contribution is 2.27. The van der Waals surface area contributed by atoms with Crippen LogP contribution in [0.3, 0.4) is 0 Å². The Morgan fingerprint density at radius 3 is 2.79 bits per heavy atom. The molecule has 9 nitrogen and oxygen atoms in total. The monoisotopic (exact) mass is 418 g/mol. The van der Waals surface area contributed by atoms with Crippen LogP contribution in [0.2, 0.25) is 5.02 Å². The van der Waals surface area contributed by atoms with E-state index in [9.17, 15) is 14.9 Å². The van der Waals surface area contributed by atoms with Gasteiger partial charge in [-0.25, -0.2) is 0 Å². The summed E-state index contributed by atoms with van der Waals surface area (Å²) in [5, 5.41) is 17.6. The van der Waals surface area contributed by atoms with Crippen LogP contribution in [0.25, 0.3) is 0 Å². The molecule has 0 aliphatic rings. The predicted molar refractivity (Wildman–Crippen MR) is 105 cm³/mol. The van der Waals surface area contributed by atoms with Crippen molar-refractivity contribution in [1.82, 2.24) is 15.1 Å². The van der Waals surface area contributed by atoms with Gasteiger partial charge < -0.3 is 24.6 Å². The lowest BCUT2D eigenvalue weighted by Gasteiger charge is -2.10. The summed E-state index contributed by atoms with van der Waals surface area (Å²) >= 11 is 5.94. The van der Waals surface area contributed by atoms with Crippen LogP contribution >= 0.6 is 11.6 Å². The number of hydrogen-bond acceptors (Lipinski definition) is 6. The van der Waals surface area contributed by atoms with Crippen LogP contribution in [0.5, 0.6) is 5.75 Å². The van der Waals surface area contributed by atoms with E-state index in [1.165, 1.54) is 10.7 Å². The van der Waals surface area contributed by atoms with Gasteiger partial charge in [0.2, 0.25) is 0 Å². The van der Waals surface area contributed by atoms with Gasteiger partial charge in [-0.2, -0.15) is 4.68 Å². The molecule has 0 saturated heterocycles. The van der Waals surface area contributed by atoms with Gasteiger partial charge in [0.15, 0.2) is 10.8 Å². The van der Waals surface area contributed by atoms with Crippen molar-refractivity contribution in [3.05, 3.63) is 74.3 Å². The van der Waals surface area contributed by atoms with Crippen molar-refractivity contribution in [2.75, 3.05) is 6.61 Å². The van der Waals surface area contributed by atoms with Crippen molar-refractivity contribution < 1.29 is 18.9 Å². The first-order chi connectivity index (χ1) is 13.9. The molecule has 1 amide bonds. The van der Waals surface area contributed by atoms with Crippen molar-refractivity contribution in [3.63, 3.8) is 0 Å². The minimum atomic E-state index is -0.646. The molecular formula is C19H19ClN4O5. The molecule has 3 aromatic rings. The second kappa shape index (κ2) is 8.78. The molecule has 0 fully saturated rings. The first-order valence-electron chi connectivity index (χ1n) is 8.85. The van der Waals surface area contributed by atoms with Crippen molar-refractivity contribution in [1.29, 1.82) is 0 Å². The number of halogens is 1. The zero-order valence-electron chi connectivity index (χ0n) is 15.8. The molecule has 0 unspecified atom stereocenters. The number of ether oxygens (including phenoxy) is 1. The lowest BCUT2D eigenvalue weighted by atomic mass is 10.2. The van der Waals surface area contributed by atoms with Gasteiger partial charge in [0, 0.05) is 12.1 Å². The number of hydrogen-bond donors (Lipinski definition) is 1. The summed E-state index contributed by atoms with van der Waals surface area (Å²) in [6, 6.07) is 10.6. The van der Waals surface area contributed by atoms with E-state index in [4.69, 9.17) is 20.8 Å². The fraction of sp³-hybridized carbons (Fsp3) is 0.263. The summed E-state index contributed by atoms with van der Waals surface area (Å²) in [7, 11) is 0. The van der Waals surface area contributed by atoms with Crippen molar-refractivity contribution in [2.24, 2.45) is 0 Å². The molecule has 152 valence electrons. The number of nitro groups is 1. The third-order valence-corrected chi connectivity index (χ3v) is 4.63. The summed E-state index contributed by atoms with van der Waals surface area (Å²) in [6.07, 6.45) is 0. The normalized spacial score (nSPS) is 10.7. The number of nitrogens with one attached hydrogen (secondary N) is 1. The van der Waals surface area contributed by atoms with Crippen LogP contribution in [0.15, 0.2) is 40.8 Å². The molecule has 29 heavy (non-hydrogen) atoms. The molecular weight excluding hydrogens is 400 g/mol. The number of benzene rings is 1. The molecule has 0 bridgehead atoms. The Bertz CT molecular complexity index is 1040. The van der Waals surface area contributed by atoms with E-state index in [1.807, 2.05) is 31.2 Å². The Morgan fingerprint density at radius 1 is 1.34 bits per heavy atom. The molecule has 2 aromatic heterocycles. The van der Waals surface area contributed by atoms with Gasteiger partial charge >= 0.3 is 5.82 Å². The van der Waals surface area contributed by atoms with E-state index in [-0.39, 0.29) is 29.8 Å². The molecule has 0 radical (unpaired) electrons. The second-order valence-electron chi connectivity index (χ2n) is 6.13. The number of amides is 1. The van der Waals surface area contributed by atoms with E-state index >= 15 is 0 Å². The maximum atomic E-state index is 12.4. The summed E-state index contributed by atoms with van der Waals surface area (Å²) in [5.74, 6) is 0.454. The first-order valence-corrected chi connectivity index (χ1v) is 9.23. The summed E-state index contributed by atoms with van der Waals surface area (Å²) < 4.78 is 12.5. The minimum Gasteiger partial charge on any atom is -0.494 e. The van der Waals surface area contributed by atoms with E-state index in [1.54, 1.807) is 13.0 Å². The number of carbonyl (C=O) groups is 1. The quantitative estimate of drug-likeness (QED) is 0.440. The van der Waals surface area contributed by atoms with Crippen LogP contribution in [0.1, 0.15) is 34.5 Å². The van der Waals surface area contributed by atoms with Gasteiger partial charge in [0.25, 0.3) is 5.91 Å². The SMILES string of the molecule is CCOc1ccccc1CNC(=O)c1ccc(Cn2nc([N+](=O)[O-])c(Cl)c2C)o1. The van der Waals surface area contributed by atoms with E-state index in [0.29, 0.717) is 23.8 Å². The molecule has 0 aliphatic carbocycles. The molecule has 0 aliphatic heterocycles. The number of carbonyl (C=O) groups excluding carboxylic acids is 1. The number of aromatic nitrogens is 2. The Kier molecular flexibility index (Phi) is 6.18. The Labute approximate surface area is 171 Å². The van der Waals surface area contributed by atoms with Crippen LogP contribution in [-0.2, 0) is 13.1 Å². The average Bonchev–Trinajstić information content (AvgIpc) is 3.28.